The zero-order valence-corrected chi connectivity index (χ0v) is 13.0. The molecule has 1 fully saturated rings. The molecule has 3 heteroatoms. The van der Waals surface area contributed by atoms with Gasteiger partial charge in [0.2, 0.25) is 0 Å². The van der Waals surface area contributed by atoms with Gasteiger partial charge in [0.1, 0.15) is 5.84 Å². The van der Waals surface area contributed by atoms with E-state index in [2.05, 4.69) is 47.0 Å². The quantitative estimate of drug-likeness (QED) is 0.325. The van der Waals surface area contributed by atoms with E-state index in [4.69, 9.17) is 10.8 Å². The van der Waals surface area contributed by atoms with Crippen molar-refractivity contribution < 1.29 is 0 Å². The van der Waals surface area contributed by atoms with Gasteiger partial charge < -0.3 is 5.43 Å². The van der Waals surface area contributed by atoms with E-state index >= 15 is 0 Å². The lowest BCUT2D eigenvalue weighted by Crippen LogP contribution is -2.40. The summed E-state index contributed by atoms with van der Waals surface area (Å²) in [6.45, 7) is 13.4. The van der Waals surface area contributed by atoms with Crippen molar-refractivity contribution in [3.8, 4) is 0 Å². The molecule has 3 nitrogen and oxygen atoms in total. The van der Waals surface area contributed by atoms with E-state index in [1.54, 1.807) is 0 Å². The Labute approximate surface area is 113 Å². The van der Waals surface area contributed by atoms with Crippen molar-refractivity contribution in [3.05, 3.63) is 0 Å². The van der Waals surface area contributed by atoms with Crippen LogP contribution in [0.15, 0.2) is 4.99 Å². The molecule has 0 radical (unpaired) electrons. The van der Waals surface area contributed by atoms with E-state index in [0.29, 0.717) is 11.3 Å². The molecule has 1 rings (SSSR count). The molecule has 0 amide bonds. The Bertz CT molecular complexity index is 286. The number of nitrogens with one attached hydrogen (secondary N) is 1. The number of rotatable bonds is 1. The zero-order valence-electron chi connectivity index (χ0n) is 13.0. The predicted molar refractivity (Wildman–Crippen MR) is 79.4 cm³/mol. The van der Waals surface area contributed by atoms with Crippen molar-refractivity contribution in [2.75, 3.05) is 0 Å². The number of amidine groups is 1. The van der Waals surface area contributed by atoms with Gasteiger partial charge in [-0.25, -0.2) is 5.84 Å². The third-order valence-electron chi connectivity index (χ3n) is 3.94. The van der Waals surface area contributed by atoms with Crippen LogP contribution in [-0.4, -0.2) is 11.4 Å². The lowest BCUT2D eigenvalue weighted by molar-refractivity contribution is 0.166. The molecule has 0 saturated heterocycles. The van der Waals surface area contributed by atoms with Crippen molar-refractivity contribution in [2.24, 2.45) is 28.1 Å². The number of aliphatic imine (C=N–C) groups is 1. The number of hydrogen-bond donors (Lipinski definition) is 2. The standard InChI is InChI=1S/C15H31N3/c1-14(2,3)12-9-7-11(8-10-12)13(18-16)17-15(4,5)6/h11-12H,7-10,16H2,1-6H3,(H,17,18). The van der Waals surface area contributed by atoms with Crippen LogP contribution < -0.4 is 11.3 Å². The van der Waals surface area contributed by atoms with Crippen molar-refractivity contribution in [3.63, 3.8) is 0 Å². The Morgan fingerprint density at radius 3 is 1.83 bits per heavy atom. The summed E-state index contributed by atoms with van der Waals surface area (Å²) in [5.74, 6) is 8.00. The summed E-state index contributed by atoms with van der Waals surface area (Å²) >= 11 is 0. The van der Waals surface area contributed by atoms with E-state index in [0.717, 1.165) is 11.8 Å². The SMILES string of the molecule is CC(C)(C)N=C(NN)C1CCC(C(C)(C)C)CC1. The summed E-state index contributed by atoms with van der Waals surface area (Å²) in [6, 6.07) is 0. The summed E-state index contributed by atoms with van der Waals surface area (Å²) in [5, 5.41) is 0. The van der Waals surface area contributed by atoms with Crippen LogP contribution in [0.25, 0.3) is 0 Å². The van der Waals surface area contributed by atoms with Crippen LogP contribution >= 0.6 is 0 Å². The first-order valence-electron chi connectivity index (χ1n) is 7.20. The minimum Gasteiger partial charge on any atom is -0.312 e. The lowest BCUT2D eigenvalue weighted by Gasteiger charge is -2.37. The zero-order chi connectivity index (χ0) is 14.0. The minimum atomic E-state index is -0.0530. The van der Waals surface area contributed by atoms with Gasteiger partial charge >= 0.3 is 0 Å². The van der Waals surface area contributed by atoms with Crippen molar-refractivity contribution in [1.82, 2.24) is 5.43 Å². The van der Waals surface area contributed by atoms with Gasteiger partial charge in [-0.2, -0.15) is 0 Å². The first-order chi connectivity index (χ1) is 8.13. The molecule has 3 N–H and O–H groups in total. The molecule has 0 aromatic rings. The summed E-state index contributed by atoms with van der Waals surface area (Å²) in [7, 11) is 0. The fraction of sp³-hybridized carbons (Fsp3) is 0.933. The van der Waals surface area contributed by atoms with Crippen LogP contribution in [0.4, 0.5) is 0 Å². The van der Waals surface area contributed by atoms with Gasteiger partial charge in [-0.3, -0.25) is 4.99 Å². The molecular formula is C15H31N3. The number of nitrogens with two attached hydrogens (primary N) is 1. The Hall–Kier alpha value is -0.570. The average Bonchev–Trinajstić information content (AvgIpc) is 2.24. The Morgan fingerprint density at radius 1 is 1.00 bits per heavy atom. The van der Waals surface area contributed by atoms with Gasteiger partial charge in [-0.05, 0) is 57.8 Å². The molecule has 1 aliphatic rings. The van der Waals surface area contributed by atoms with Crippen molar-refractivity contribution in [1.29, 1.82) is 0 Å². The fourth-order valence-electron chi connectivity index (χ4n) is 2.84. The van der Waals surface area contributed by atoms with E-state index in [-0.39, 0.29) is 5.54 Å². The number of hydrogen-bond acceptors (Lipinski definition) is 2. The molecule has 0 atom stereocenters. The van der Waals surface area contributed by atoms with Crippen LogP contribution in [0.3, 0.4) is 0 Å². The van der Waals surface area contributed by atoms with Crippen LogP contribution in [-0.2, 0) is 0 Å². The summed E-state index contributed by atoms with van der Waals surface area (Å²) in [6.07, 6.45) is 5.00. The van der Waals surface area contributed by atoms with Crippen LogP contribution in [0.1, 0.15) is 67.2 Å². The first-order valence-corrected chi connectivity index (χ1v) is 7.20. The second-order valence-corrected chi connectivity index (χ2v) is 7.73. The van der Waals surface area contributed by atoms with Gasteiger partial charge in [-0.15, -0.1) is 0 Å². The maximum Gasteiger partial charge on any atom is 0.114 e. The highest BCUT2D eigenvalue weighted by Gasteiger charge is 2.31. The highest BCUT2D eigenvalue weighted by Crippen LogP contribution is 2.40. The third kappa shape index (κ3) is 4.60. The topological polar surface area (TPSA) is 50.4 Å². The van der Waals surface area contributed by atoms with Crippen molar-refractivity contribution in [2.45, 2.75) is 72.8 Å². The molecule has 0 unspecified atom stereocenters. The Morgan fingerprint density at radius 2 is 1.50 bits per heavy atom. The van der Waals surface area contributed by atoms with Crippen LogP contribution in [0, 0.1) is 17.3 Å². The fourth-order valence-corrected chi connectivity index (χ4v) is 2.84. The molecule has 1 aliphatic carbocycles. The van der Waals surface area contributed by atoms with E-state index < -0.39 is 0 Å². The molecule has 0 bridgehead atoms. The molecule has 0 aromatic carbocycles. The lowest BCUT2D eigenvalue weighted by atomic mass is 9.69. The molecule has 106 valence electrons. The van der Waals surface area contributed by atoms with Crippen LogP contribution in [0.5, 0.6) is 0 Å². The van der Waals surface area contributed by atoms with Gasteiger partial charge in [0.25, 0.3) is 0 Å². The van der Waals surface area contributed by atoms with Gasteiger partial charge in [0, 0.05) is 5.92 Å². The summed E-state index contributed by atoms with van der Waals surface area (Å²) < 4.78 is 0. The van der Waals surface area contributed by atoms with Crippen LogP contribution in [0.2, 0.25) is 0 Å². The number of nitrogens with zero attached hydrogens (tertiary/aromatic N) is 1. The Balaban J connectivity index is 2.64. The molecule has 18 heavy (non-hydrogen) atoms. The molecule has 0 spiro atoms. The van der Waals surface area contributed by atoms with Gasteiger partial charge in [0.05, 0.1) is 5.54 Å². The highest BCUT2D eigenvalue weighted by atomic mass is 15.3. The second-order valence-electron chi connectivity index (χ2n) is 7.73. The molecule has 0 aromatic heterocycles. The predicted octanol–water partition coefficient (Wildman–Crippen LogP) is 3.50. The third-order valence-corrected chi connectivity index (χ3v) is 3.94. The minimum absolute atomic E-state index is 0.0530. The maximum absolute atomic E-state index is 5.65. The van der Waals surface area contributed by atoms with E-state index in [1.165, 1.54) is 25.7 Å². The summed E-state index contributed by atoms with van der Waals surface area (Å²) in [5.41, 5.74) is 3.21. The van der Waals surface area contributed by atoms with Gasteiger partial charge in [-0.1, -0.05) is 20.8 Å². The Kier molecular flexibility index (Phi) is 4.82. The first kappa shape index (κ1) is 15.5. The smallest absolute Gasteiger partial charge is 0.114 e. The summed E-state index contributed by atoms with van der Waals surface area (Å²) in [4.78, 5) is 4.72. The molecule has 0 heterocycles. The number of hydrazine groups is 1. The van der Waals surface area contributed by atoms with Gasteiger partial charge in [0.15, 0.2) is 0 Å². The largest absolute Gasteiger partial charge is 0.312 e. The van der Waals surface area contributed by atoms with E-state index in [9.17, 15) is 0 Å². The molecular weight excluding hydrogens is 222 g/mol. The average molecular weight is 253 g/mol. The van der Waals surface area contributed by atoms with E-state index in [1.807, 2.05) is 0 Å². The van der Waals surface area contributed by atoms with Crippen molar-refractivity contribution >= 4 is 5.84 Å². The normalized spacial score (nSPS) is 27.2. The molecule has 1 saturated carbocycles. The molecule has 0 aliphatic heterocycles. The second kappa shape index (κ2) is 5.60. The monoisotopic (exact) mass is 253 g/mol. The highest BCUT2D eigenvalue weighted by molar-refractivity contribution is 5.84. The maximum atomic E-state index is 5.65.